The van der Waals surface area contributed by atoms with Gasteiger partial charge in [0.2, 0.25) is 5.91 Å². The molecule has 0 unspecified atom stereocenters. The highest BCUT2D eigenvalue weighted by Crippen LogP contribution is 2.18. The molecule has 132 valence electrons. The van der Waals surface area contributed by atoms with Crippen LogP contribution in [-0.2, 0) is 24.3 Å². The summed E-state index contributed by atoms with van der Waals surface area (Å²) in [4.78, 5) is 18.5. The van der Waals surface area contributed by atoms with Crippen molar-refractivity contribution < 1.29 is 4.79 Å². The molecule has 0 atom stereocenters. The highest BCUT2D eigenvalue weighted by atomic mass is 16.2. The van der Waals surface area contributed by atoms with Crippen molar-refractivity contribution in [3.05, 3.63) is 59.9 Å². The lowest BCUT2D eigenvalue weighted by Crippen LogP contribution is -2.46. The summed E-state index contributed by atoms with van der Waals surface area (Å²) in [6.45, 7) is 3.32. The van der Waals surface area contributed by atoms with Gasteiger partial charge in [-0.2, -0.15) is 0 Å². The second kappa shape index (κ2) is 8.37. The Morgan fingerprint density at radius 3 is 2.64 bits per heavy atom. The van der Waals surface area contributed by atoms with E-state index >= 15 is 0 Å². The topological polar surface area (TPSA) is 61.7 Å². The Balaban J connectivity index is 1.43. The van der Waals surface area contributed by atoms with Crippen molar-refractivity contribution >= 4 is 11.9 Å². The number of aromatic nitrogens is 1. The van der Waals surface area contributed by atoms with Crippen LogP contribution in [0.3, 0.4) is 0 Å². The molecule has 3 rings (SSSR count). The molecule has 1 aliphatic rings. The molecular weight excluding hydrogens is 314 g/mol. The summed E-state index contributed by atoms with van der Waals surface area (Å²) in [5, 5.41) is 6.34. The zero-order valence-electron chi connectivity index (χ0n) is 14.6. The predicted octanol–water partition coefficient (Wildman–Crippen LogP) is 1.24. The zero-order valence-corrected chi connectivity index (χ0v) is 14.6. The summed E-state index contributed by atoms with van der Waals surface area (Å²) in [7, 11) is 1.71. The van der Waals surface area contributed by atoms with Gasteiger partial charge in [-0.3, -0.25) is 9.79 Å². The Morgan fingerprint density at radius 1 is 1.12 bits per heavy atom. The quantitative estimate of drug-likeness (QED) is 0.636. The highest BCUT2D eigenvalue weighted by molar-refractivity contribution is 5.86. The first-order valence-corrected chi connectivity index (χ1v) is 8.66. The van der Waals surface area contributed by atoms with Crippen molar-refractivity contribution in [3.63, 3.8) is 0 Å². The second-order valence-corrected chi connectivity index (χ2v) is 6.11. The lowest BCUT2D eigenvalue weighted by Gasteiger charge is -2.29. The SMILES string of the molecule is CN=C(NCCn1cccc1)NCC(=O)N1CCc2ccccc2C1. The van der Waals surface area contributed by atoms with Crippen molar-refractivity contribution in [1.29, 1.82) is 0 Å². The van der Waals surface area contributed by atoms with Crippen LogP contribution < -0.4 is 10.6 Å². The van der Waals surface area contributed by atoms with Crippen molar-refractivity contribution in [1.82, 2.24) is 20.1 Å². The van der Waals surface area contributed by atoms with Gasteiger partial charge < -0.3 is 20.1 Å². The first kappa shape index (κ1) is 17.1. The number of hydrogen-bond acceptors (Lipinski definition) is 2. The van der Waals surface area contributed by atoms with E-state index in [0.29, 0.717) is 12.5 Å². The van der Waals surface area contributed by atoms with E-state index in [-0.39, 0.29) is 12.5 Å². The van der Waals surface area contributed by atoms with Crippen LogP contribution in [0.4, 0.5) is 0 Å². The number of nitrogens with zero attached hydrogens (tertiary/aromatic N) is 3. The molecule has 0 radical (unpaired) electrons. The number of hydrogen-bond donors (Lipinski definition) is 2. The van der Waals surface area contributed by atoms with E-state index in [2.05, 4.69) is 38.4 Å². The normalized spacial score (nSPS) is 14.1. The fraction of sp³-hybridized carbons (Fsp3) is 0.368. The Labute approximate surface area is 148 Å². The smallest absolute Gasteiger partial charge is 0.242 e. The van der Waals surface area contributed by atoms with Crippen LogP contribution in [0.15, 0.2) is 53.8 Å². The minimum Gasteiger partial charge on any atom is -0.355 e. The molecule has 1 amide bonds. The second-order valence-electron chi connectivity index (χ2n) is 6.11. The molecule has 25 heavy (non-hydrogen) atoms. The number of guanidine groups is 1. The molecule has 0 aliphatic carbocycles. The van der Waals surface area contributed by atoms with Crippen molar-refractivity contribution in [2.75, 3.05) is 26.7 Å². The highest BCUT2D eigenvalue weighted by Gasteiger charge is 2.20. The lowest BCUT2D eigenvalue weighted by atomic mass is 10.00. The Hall–Kier alpha value is -2.76. The van der Waals surface area contributed by atoms with E-state index in [9.17, 15) is 4.79 Å². The number of benzene rings is 1. The maximum Gasteiger partial charge on any atom is 0.242 e. The number of rotatable bonds is 5. The van der Waals surface area contributed by atoms with E-state index in [4.69, 9.17) is 0 Å². The third kappa shape index (κ3) is 4.62. The minimum absolute atomic E-state index is 0.0999. The molecular formula is C19H25N5O. The van der Waals surface area contributed by atoms with Gasteiger partial charge in [-0.05, 0) is 29.7 Å². The molecule has 0 bridgehead atoms. The zero-order chi connectivity index (χ0) is 17.5. The molecule has 2 heterocycles. The van der Waals surface area contributed by atoms with Crippen LogP contribution in [0, 0.1) is 0 Å². The molecule has 0 saturated heterocycles. The third-order valence-electron chi connectivity index (χ3n) is 4.44. The van der Waals surface area contributed by atoms with Crippen LogP contribution in [0.25, 0.3) is 0 Å². The molecule has 0 spiro atoms. The van der Waals surface area contributed by atoms with Crippen LogP contribution in [0.5, 0.6) is 0 Å². The largest absolute Gasteiger partial charge is 0.355 e. The number of nitrogens with one attached hydrogen (secondary N) is 2. The summed E-state index contributed by atoms with van der Waals surface area (Å²) < 4.78 is 2.09. The lowest BCUT2D eigenvalue weighted by molar-refractivity contribution is -0.130. The molecule has 2 aromatic rings. The van der Waals surface area contributed by atoms with Gasteiger partial charge in [0.1, 0.15) is 0 Å². The van der Waals surface area contributed by atoms with E-state index in [1.54, 1.807) is 7.05 Å². The summed E-state index contributed by atoms with van der Waals surface area (Å²) in [6, 6.07) is 12.3. The Bertz CT molecular complexity index is 723. The molecule has 1 aliphatic heterocycles. The van der Waals surface area contributed by atoms with E-state index in [0.717, 1.165) is 26.1 Å². The standard InChI is InChI=1S/C19H25N5O/c1-20-19(21-9-13-23-10-4-5-11-23)22-14-18(25)24-12-8-16-6-2-3-7-17(16)15-24/h2-7,10-11H,8-9,12-15H2,1H3,(H2,20,21,22). The van der Waals surface area contributed by atoms with Crippen molar-refractivity contribution in [2.45, 2.75) is 19.5 Å². The fourth-order valence-corrected chi connectivity index (χ4v) is 3.02. The van der Waals surface area contributed by atoms with Gasteiger partial charge in [-0.1, -0.05) is 24.3 Å². The third-order valence-corrected chi connectivity index (χ3v) is 4.44. The summed E-state index contributed by atoms with van der Waals surface area (Å²) in [6.07, 6.45) is 4.97. The van der Waals surface area contributed by atoms with Crippen LogP contribution >= 0.6 is 0 Å². The average molecular weight is 339 g/mol. The maximum atomic E-state index is 12.5. The molecule has 6 heteroatoms. The van der Waals surface area contributed by atoms with E-state index < -0.39 is 0 Å². The fourth-order valence-electron chi connectivity index (χ4n) is 3.02. The van der Waals surface area contributed by atoms with Gasteiger partial charge in [0.25, 0.3) is 0 Å². The van der Waals surface area contributed by atoms with Crippen LogP contribution in [0.1, 0.15) is 11.1 Å². The average Bonchev–Trinajstić information content (AvgIpc) is 3.17. The molecule has 1 aromatic carbocycles. The van der Waals surface area contributed by atoms with Gasteiger partial charge in [-0.25, -0.2) is 0 Å². The van der Waals surface area contributed by atoms with Gasteiger partial charge in [0.05, 0.1) is 6.54 Å². The first-order valence-electron chi connectivity index (χ1n) is 8.66. The molecule has 6 nitrogen and oxygen atoms in total. The predicted molar refractivity (Wildman–Crippen MR) is 99.4 cm³/mol. The molecule has 0 saturated carbocycles. The first-order chi connectivity index (χ1) is 12.3. The Morgan fingerprint density at radius 2 is 1.88 bits per heavy atom. The van der Waals surface area contributed by atoms with Gasteiger partial charge >= 0.3 is 0 Å². The number of amides is 1. The van der Waals surface area contributed by atoms with E-state index in [1.165, 1.54) is 11.1 Å². The summed E-state index contributed by atoms with van der Waals surface area (Å²) in [5.41, 5.74) is 2.60. The van der Waals surface area contributed by atoms with Gasteiger partial charge in [0, 0.05) is 45.6 Å². The molecule has 0 fully saturated rings. The number of carbonyl (C=O) groups is 1. The number of carbonyl (C=O) groups excluding carboxylic acids is 1. The molecule has 1 aromatic heterocycles. The summed E-state index contributed by atoms with van der Waals surface area (Å²) >= 11 is 0. The molecule has 2 N–H and O–H groups in total. The monoisotopic (exact) mass is 339 g/mol. The van der Waals surface area contributed by atoms with Crippen molar-refractivity contribution in [3.8, 4) is 0 Å². The van der Waals surface area contributed by atoms with Crippen LogP contribution in [0.2, 0.25) is 0 Å². The summed E-state index contributed by atoms with van der Waals surface area (Å²) in [5.74, 6) is 0.751. The van der Waals surface area contributed by atoms with Gasteiger partial charge in [-0.15, -0.1) is 0 Å². The van der Waals surface area contributed by atoms with E-state index in [1.807, 2.05) is 35.5 Å². The Kier molecular flexibility index (Phi) is 5.72. The number of fused-ring (bicyclic) bond motifs is 1. The van der Waals surface area contributed by atoms with Gasteiger partial charge in [0.15, 0.2) is 5.96 Å². The minimum atomic E-state index is 0.0999. The van der Waals surface area contributed by atoms with Crippen molar-refractivity contribution in [2.24, 2.45) is 4.99 Å². The maximum absolute atomic E-state index is 12.5. The van der Waals surface area contributed by atoms with Crippen LogP contribution in [-0.4, -0.2) is 48.0 Å². The number of aliphatic imine (C=N–C) groups is 1.